The molecule has 0 bridgehead atoms. The number of aromatic nitrogens is 4. The number of imidazole rings is 1. The van der Waals surface area contributed by atoms with Crippen LogP contribution >= 0.6 is 0 Å². The monoisotopic (exact) mass is 472 g/mol. The van der Waals surface area contributed by atoms with E-state index in [4.69, 9.17) is 10.7 Å². The topological polar surface area (TPSA) is 91.1 Å². The minimum absolute atomic E-state index is 0.0117. The van der Waals surface area contributed by atoms with Crippen LogP contribution in [-0.4, -0.2) is 37.8 Å². The SMILES string of the molecule is CC(C)=CCn1c(N2CCCC(N)C2)nc2c1c(=O)n(CCc1cc(F)cc(F)c1)c(=O)n2C. The van der Waals surface area contributed by atoms with Crippen molar-refractivity contribution in [3.8, 4) is 0 Å². The second kappa shape index (κ2) is 9.54. The van der Waals surface area contributed by atoms with Crippen LogP contribution in [0.5, 0.6) is 0 Å². The lowest BCUT2D eigenvalue weighted by atomic mass is 10.1. The molecule has 8 nitrogen and oxygen atoms in total. The van der Waals surface area contributed by atoms with Crippen molar-refractivity contribution < 1.29 is 8.78 Å². The van der Waals surface area contributed by atoms with Crippen molar-refractivity contribution in [2.75, 3.05) is 18.0 Å². The van der Waals surface area contributed by atoms with E-state index in [0.717, 1.165) is 35.6 Å². The summed E-state index contributed by atoms with van der Waals surface area (Å²) in [5.41, 5.74) is 7.26. The van der Waals surface area contributed by atoms with E-state index in [1.807, 2.05) is 24.5 Å². The summed E-state index contributed by atoms with van der Waals surface area (Å²) >= 11 is 0. The van der Waals surface area contributed by atoms with Crippen molar-refractivity contribution >= 4 is 17.1 Å². The Morgan fingerprint density at radius 3 is 2.53 bits per heavy atom. The number of halogens is 2. The van der Waals surface area contributed by atoms with E-state index in [2.05, 4.69) is 4.90 Å². The van der Waals surface area contributed by atoms with E-state index >= 15 is 0 Å². The van der Waals surface area contributed by atoms with Gasteiger partial charge in [-0.2, -0.15) is 4.98 Å². The number of fused-ring (bicyclic) bond motifs is 1. The summed E-state index contributed by atoms with van der Waals surface area (Å²) in [5.74, 6) is -0.788. The van der Waals surface area contributed by atoms with Gasteiger partial charge in [0.15, 0.2) is 11.2 Å². The van der Waals surface area contributed by atoms with Gasteiger partial charge in [0.05, 0.1) is 0 Å². The van der Waals surface area contributed by atoms with E-state index in [1.165, 1.54) is 16.7 Å². The molecule has 4 rings (SSSR count). The number of nitrogens with zero attached hydrogens (tertiary/aromatic N) is 5. The molecule has 1 aliphatic rings. The molecule has 0 spiro atoms. The minimum atomic E-state index is -0.699. The Hall–Kier alpha value is -3.27. The molecule has 1 fully saturated rings. The third-order valence-electron chi connectivity index (χ3n) is 6.18. The third kappa shape index (κ3) is 4.68. The molecule has 3 heterocycles. The van der Waals surface area contributed by atoms with E-state index < -0.39 is 22.9 Å². The highest BCUT2D eigenvalue weighted by Gasteiger charge is 2.26. The maximum absolute atomic E-state index is 13.6. The quantitative estimate of drug-likeness (QED) is 0.556. The molecule has 34 heavy (non-hydrogen) atoms. The third-order valence-corrected chi connectivity index (χ3v) is 6.18. The Balaban J connectivity index is 1.83. The number of piperidine rings is 1. The van der Waals surface area contributed by atoms with Gasteiger partial charge in [0.25, 0.3) is 5.56 Å². The van der Waals surface area contributed by atoms with Crippen LogP contribution in [-0.2, 0) is 26.6 Å². The van der Waals surface area contributed by atoms with Gasteiger partial charge in [0.2, 0.25) is 5.95 Å². The number of anilines is 1. The van der Waals surface area contributed by atoms with Gasteiger partial charge >= 0.3 is 5.69 Å². The van der Waals surface area contributed by atoms with Gasteiger partial charge < -0.3 is 15.2 Å². The summed E-state index contributed by atoms with van der Waals surface area (Å²) in [7, 11) is 1.58. The van der Waals surface area contributed by atoms with Crippen molar-refractivity contribution in [2.24, 2.45) is 12.8 Å². The normalized spacial score (nSPS) is 16.3. The molecule has 1 atom stereocenters. The van der Waals surface area contributed by atoms with Gasteiger partial charge in [0, 0.05) is 45.3 Å². The summed E-state index contributed by atoms with van der Waals surface area (Å²) in [4.78, 5) is 33.4. The van der Waals surface area contributed by atoms with E-state index in [9.17, 15) is 18.4 Å². The van der Waals surface area contributed by atoms with Crippen LogP contribution in [0.25, 0.3) is 11.2 Å². The number of aryl methyl sites for hydroxylation is 2. The number of allylic oxidation sites excluding steroid dienone is 2. The number of hydrogen-bond donors (Lipinski definition) is 1. The average molecular weight is 473 g/mol. The Morgan fingerprint density at radius 1 is 1.18 bits per heavy atom. The van der Waals surface area contributed by atoms with Gasteiger partial charge in [-0.25, -0.2) is 13.6 Å². The lowest BCUT2D eigenvalue weighted by Gasteiger charge is -2.31. The molecule has 1 aromatic carbocycles. The van der Waals surface area contributed by atoms with Gasteiger partial charge in [-0.3, -0.25) is 13.9 Å². The lowest BCUT2D eigenvalue weighted by Crippen LogP contribution is -2.44. The zero-order valence-electron chi connectivity index (χ0n) is 19.7. The molecule has 1 aliphatic heterocycles. The van der Waals surface area contributed by atoms with Crippen molar-refractivity contribution in [3.63, 3.8) is 0 Å². The molecule has 1 saturated heterocycles. The molecule has 10 heteroatoms. The van der Waals surface area contributed by atoms with Crippen LogP contribution in [0.2, 0.25) is 0 Å². The molecule has 0 amide bonds. The Morgan fingerprint density at radius 2 is 1.88 bits per heavy atom. The zero-order valence-corrected chi connectivity index (χ0v) is 19.7. The molecular formula is C24H30F2N6O2. The number of hydrogen-bond acceptors (Lipinski definition) is 5. The predicted octanol–water partition coefficient (Wildman–Crippen LogP) is 2.31. The lowest BCUT2D eigenvalue weighted by molar-refractivity contribution is 0.495. The summed E-state index contributed by atoms with van der Waals surface area (Å²) < 4.78 is 31.5. The Labute approximate surface area is 195 Å². The van der Waals surface area contributed by atoms with Crippen molar-refractivity contribution in [1.29, 1.82) is 0 Å². The first-order valence-corrected chi connectivity index (χ1v) is 11.4. The van der Waals surface area contributed by atoms with Crippen LogP contribution in [0.4, 0.5) is 14.7 Å². The average Bonchev–Trinajstić information content (AvgIpc) is 3.15. The molecule has 3 aromatic rings. The first-order chi connectivity index (χ1) is 16.2. The second-order valence-corrected chi connectivity index (χ2v) is 9.15. The fourth-order valence-corrected chi connectivity index (χ4v) is 4.43. The minimum Gasteiger partial charge on any atom is -0.341 e. The number of benzene rings is 1. The summed E-state index contributed by atoms with van der Waals surface area (Å²) in [6.07, 6.45) is 3.97. The van der Waals surface area contributed by atoms with Crippen LogP contribution in [0.1, 0.15) is 32.3 Å². The predicted molar refractivity (Wildman–Crippen MR) is 128 cm³/mol. The zero-order chi connectivity index (χ0) is 24.6. The smallest absolute Gasteiger partial charge is 0.332 e. The van der Waals surface area contributed by atoms with Crippen LogP contribution < -0.4 is 21.9 Å². The summed E-state index contributed by atoms with van der Waals surface area (Å²) in [6.45, 7) is 5.73. The molecular weight excluding hydrogens is 442 g/mol. The highest BCUT2D eigenvalue weighted by molar-refractivity contribution is 5.74. The fourth-order valence-electron chi connectivity index (χ4n) is 4.43. The van der Waals surface area contributed by atoms with E-state index in [-0.39, 0.29) is 19.0 Å². The maximum atomic E-state index is 13.6. The molecule has 0 saturated carbocycles. The van der Waals surface area contributed by atoms with Crippen LogP contribution in [0.3, 0.4) is 0 Å². The van der Waals surface area contributed by atoms with Gasteiger partial charge in [-0.1, -0.05) is 11.6 Å². The second-order valence-electron chi connectivity index (χ2n) is 9.15. The summed E-state index contributed by atoms with van der Waals surface area (Å²) in [6, 6.07) is 3.20. The first-order valence-electron chi connectivity index (χ1n) is 11.4. The van der Waals surface area contributed by atoms with E-state index in [0.29, 0.717) is 35.8 Å². The summed E-state index contributed by atoms with van der Waals surface area (Å²) in [5, 5.41) is 0. The van der Waals surface area contributed by atoms with Crippen molar-refractivity contribution in [3.05, 3.63) is 67.9 Å². The number of rotatable bonds is 6. The number of nitrogens with two attached hydrogens (primary N) is 1. The fraction of sp³-hybridized carbons (Fsp3) is 0.458. The van der Waals surface area contributed by atoms with Crippen LogP contribution in [0, 0.1) is 11.6 Å². The Kier molecular flexibility index (Phi) is 6.70. The van der Waals surface area contributed by atoms with Crippen molar-refractivity contribution in [1.82, 2.24) is 18.7 Å². The first kappa shape index (κ1) is 23.9. The van der Waals surface area contributed by atoms with Gasteiger partial charge in [0.1, 0.15) is 11.6 Å². The maximum Gasteiger partial charge on any atom is 0.332 e. The largest absolute Gasteiger partial charge is 0.341 e. The van der Waals surface area contributed by atoms with Crippen LogP contribution in [0.15, 0.2) is 39.4 Å². The Bertz CT molecular complexity index is 1350. The van der Waals surface area contributed by atoms with E-state index in [1.54, 1.807) is 7.05 Å². The van der Waals surface area contributed by atoms with Gasteiger partial charge in [-0.15, -0.1) is 0 Å². The highest BCUT2D eigenvalue weighted by atomic mass is 19.1. The molecule has 2 N–H and O–H groups in total. The van der Waals surface area contributed by atoms with Crippen molar-refractivity contribution in [2.45, 2.75) is 52.2 Å². The molecule has 2 aromatic heterocycles. The molecule has 1 unspecified atom stereocenters. The highest BCUT2D eigenvalue weighted by Crippen LogP contribution is 2.23. The molecule has 0 aliphatic carbocycles. The standard InChI is InChI=1S/C24H30F2N6O2/c1-15(2)6-9-31-20-21(28-23(31)30-8-4-5-19(27)14-30)29(3)24(34)32(22(20)33)10-7-16-11-17(25)13-18(26)12-16/h6,11-13,19H,4-5,7-10,14,27H2,1-3H3. The molecule has 0 radical (unpaired) electrons. The molecule has 182 valence electrons. The van der Waals surface area contributed by atoms with Gasteiger partial charge in [-0.05, 0) is 50.8 Å².